The number of carbonyl (C=O) groups is 2. The van der Waals surface area contributed by atoms with Crippen molar-refractivity contribution in [3.05, 3.63) is 41.5 Å². The summed E-state index contributed by atoms with van der Waals surface area (Å²) in [5, 5.41) is 2.72. The van der Waals surface area contributed by atoms with Crippen LogP contribution >= 0.6 is 0 Å². The van der Waals surface area contributed by atoms with Gasteiger partial charge in [-0.05, 0) is 56.2 Å². The smallest absolute Gasteiger partial charge is 0.412 e. The van der Waals surface area contributed by atoms with Gasteiger partial charge in [-0.3, -0.25) is 10.1 Å². The predicted octanol–water partition coefficient (Wildman–Crippen LogP) is 3.42. The highest BCUT2D eigenvalue weighted by Crippen LogP contribution is 2.51. The SMILES string of the molecule is BC1Oc2c(cc(OC)c(OC)c2OC)C(c2ccc(OC)c(NC(=O)OC(C)(C)C)c2)=CC1=O. The molecule has 0 spiro atoms. The molecule has 1 heterocycles. The Bertz CT molecular complexity index is 1170. The zero-order chi connectivity index (χ0) is 25.9. The van der Waals surface area contributed by atoms with E-state index < -0.39 is 17.7 Å². The van der Waals surface area contributed by atoms with Gasteiger partial charge in [0, 0.05) is 5.56 Å². The third kappa shape index (κ3) is 5.47. The number of anilines is 1. The molecular weight excluding hydrogens is 453 g/mol. The summed E-state index contributed by atoms with van der Waals surface area (Å²) in [6, 6.07) is 6.13. The molecule has 35 heavy (non-hydrogen) atoms. The summed E-state index contributed by atoms with van der Waals surface area (Å²) in [6.45, 7) is 5.32. The van der Waals surface area contributed by atoms with Gasteiger partial charge >= 0.3 is 6.09 Å². The van der Waals surface area contributed by atoms with E-state index in [1.165, 1.54) is 34.5 Å². The zero-order valence-corrected chi connectivity index (χ0v) is 21.2. The number of nitrogens with one attached hydrogen (secondary N) is 1. The van der Waals surface area contributed by atoms with Crippen LogP contribution in [0.5, 0.6) is 28.7 Å². The lowest BCUT2D eigenvalue weighted by Gasteiger charge is -2.22. The number of ketones is 1. The fourth-order valence-electron chi connectivity index (χ4n) is 3.64. The largest absolute Gasteiger partial charge is 0.495 e. The van der Waals surface area contributed by atoms with Gasteiger partial charge in [-0.15, -0.1) is 0 Å². The van der Waals surface area contributed by atoms with Crippen LogP contribution in [0.1, 0.15) is 31.9 Å². The minimum Gasteiger partial charge on any atom is -0.495 e. The van der Waals surface area contributed by atoms with Gasteiger partial charge in [-0.25, -0.2) is 4.79 Å². The molecule has 9 nitrogen and oxygen atoms in total. The van der Waals surface area contributed by atoms with Crippen molar-refractivity contribution in [1.82, 2.24) is 0 Å². The maximum absolute atomic E-state index is 12.9. The Morgan fingerprint density at radius 3 is 2.20 bits per heavy atom. The summed E-state index contributed by atoms with van der Waals surface area (Å²) in [5.74, 6) is 1.57. The molecule has 2 aromatic rings. The van der Waals surface area contributed by atoms with Crippen molar-refractivity contribution in [3.8, 4) is 28.7 Å². The van der Waals surface area contributed by atoms with Crippen molar-refractivity contribution in [2.45, 2.75) is 32.4 Å². The van der Waals surface area contributed by atoms with Gasteiger partial charge in [0.1, 0.15) is 17.4 Å². The highest BCUT2D eigenvalue weighted by atomic mass is 16.6. The molecule has 1 atom stereocenters. The molecule has 10 heteroatoms. The number of methoxy groups -OCH3 is 4. The monoisotopic (exact) mass is 483 g/mol. The Hall–Kier alpha value is -3.82. The van der Waals surface area contributed by atoms with E-state index in [-0.39, 0.29) is 5.78 Å². The third-order valence-corrected chi connectivity index (χ3v) is 5.20. The lowest BCUT2D eigenvalue weighted by atomic mass is 9.92. The Morgan fingerprint density at radius 2 is 1.63 bits per heavy atom. The molecule has 0 fully saturated rings. The first-order chi connectivity index (χ1) is 16.5. The van der Waals surface area contributed by atoms with Crippen LogP contribution in [0.15, 0.2) is 30.3 Å². The fourth-order valence-corrected chi connectivity index (χ4v) is 3.64. The maximum atomic E-state index is 12.9. The summed E-state index contributed by atoms with van der Waals surface area (Å²) in [7, 11) is 7.64. The van der Waals surface area contributed by atoms with Crippen LogP contribution in [0.3, 0.4) is 0 Å². The van der Waals surface area contributed by atoms with Crippen molar-refractivity contribution >= 4 is 31.0 Å². The van der Waals surface area contributed by atoms with Crippen LogP contribution in [-0.4, -0.2) is 59.8 Å². The van der Waals surface area contributed by atoms with E-state index in [0.717, 1.165) is 0 Å². The standard InChI is InChI=1S/C25H30BNO8/c1-25(2,3)35-24(29)27-16-10-13(8-9-18(16)30-4)14-11-17(28)23(26)34-20-15(14)12-19(31-5)21(32-6)22(20)33-7/h8-12,23H,26H2,1-7H3,(H,27,29). The molecule has 1 aliphatic heterocycles. The van der Waals surface area contributed by atoms with Crippen LogP contribution < -0.4 is 29.0 Å². The minimum absolute atomic E-state index is 0.242. The average Bonchev–Trinajstić information content (AvgIpc) is 2.92. The first-order valence-corrected chi connectivity index (χ1v) is 11.0. The Labute approximate surface area is 205 Å². The highest BCUT2D eigenvalue weighted by Gasteiger charge is 2.30. The predicted molar refractivity (Wildman–Crippen MR) is 134 cm³/mol. The van der Waals surface area contributed by atoms with Crippen LogP contribution in [0, 0.1) is 0 Å². The van der Waals surface area contributed by atoms with Gasteiger partial charge in [0.15, 0.2) is 25.1 Å². The van der Waals surface area contributed by atoms with Gasteiger partial charge in [-0.1, -0.05) is 6.07 Å². The molecule has 0 saturated heterocycles. The summed E-state index contributed by atoms with van der Waals surface area (Å²) < 4.78 is 33.4. The van der Waals surface area contributed by atoms with Crippen molar-refractivity contribution in [2.75, 3.05) is 33.8 Å². The molecule has 1 N–H and O–H groups in total. The summed E-state index contributed by atoms with van der Waals surface area (Å²) >= 11 is 0. The van der Waals surface area contributed by atoms with Gasteiger partial charge < -0.3 is 28.4 Å². The zero-order valence-electron chi connectivity index (χ0n) is 21.2. The summed E-state index contributed by atoms with van der Waals surface area (Å²) in [5.41, 5.74) is 1.43. The van der Waals surface area contributed by atoms with E-state index in [4.69, 9.17) is 28.4 Å². The quantitative estimate of drug-likeness (QED) is 0.624. The number of hydrogen-bond donors (Lipinski definition) is 1. The van der Waals surface area contributed by atoms with E-state index in [0.29, 0.717) is 51.1 Å². The van der Waals surface area contributed by atoms with Gasteiger partial charge in [0.2, 0.25) is 11.5 Å². The highest BCUT2D eigenvalue weighted by molar-refractivity contribution is 6.27. The molecule has 0 radical (unpaired) electrons. The van der Waals surface area contributed by atoms with E-state index >= 15 is 0 Å². The molecule has 0 saturated carbocycles. The van der Waals surface area contributed by atoms with Crippen LogP contribution in [0.25, 0.3) is 5.57 Å². The van der Waals surface area contributed by atoms with Crippen molar-refractivity contribution in [2.24, 2.45) is 0 Å². The second-order valence-corrected chi connectivity index (χ2v) is 8.78. The number of fused-ring (bicyclic) bond motifs is 1. The van der Waals surface area contributed by atoms with E-state index in [1.807, 2.05) is 0 Å². The first-order valence-electron chi connectivity index (χ1n) is 11.0. The van der Waals surface area contributed by atoms with E-state index in [9.17, 15) is 9.59 Å². The number of carbonyl (C=O) groups excluding carboxylic acids is 2. The summed E-state index contributed by atoms with van der Waals surface area (Å²) in [4.78, 5) is 25.3. The van der Waals surface area contributed by atoms with Gasteiger partial charge in [-0.2, -0.15) is 0 Å². The Balaban J connectivity index is 2.20. The Morgan fingerprint density at radius 1 is 0.971 bits per heavy atom. The number of amides is 1. The molecule has 186 valence electrons. The number of ether oxygens (including phenoxy) is 6. The van der Waals surface area contributed by atoms with E-state index in [2.05, 4.69) is 5.32 Å². The number of benzene rings is 2. The second-order valence-electron chi connectivity index (χ2n) is 8.78. The molecule has 1 unspecified atom stereocenters. The average molecular weight is 483 g/mol. The van der Waals surface area contributed by atoms with Gasteiger partial charge in [0.25, 0.3) is 0 Å². The summed E-state index contributed by atoms with van der Waals surface area (Å²) in [6.07, 6.45) is 0.866. The number of hydrogen-bond acceptors (Lipinski definition) is 8. The minimum atomic E-state index is -0.768. The van der Waals surface area contributed by atoms with Gasteiger partial charge in [0.05, 0.1) is 34.1 Å². The molecule has 2 aromatic carbocycles. The lowest BCUT2D eigenvalue weighted by molar-refractivity contribution is -0.117. The van der Waals surface area contributed by atoms with Crippen molar-refractivity contribution in [1.29, 1.82) is 0 Å². The fraction of sp³-hybridized carbons (Fsp3) is 0.360. The topological polar surface area (TPSA) is 102 Å². The maximum Gasteiger partial charge on any atom is 0.412 e. The molecule has 0 aromatic heterocycles. The third-order valence-electron chi connectivity index (χ3n) is 5.20. The van der Waals surface area contributed by atoms with Crippen molar-refractivity contribution in [3.63, 3.8) is 0 Å². The van der Waals surface area contributed by atoms with E-state index in [1.54, 1.807) is 52.9 Å². The first kappa shape index (κ1) is 25.8. The molecule has 0 aliphatic carbocycles. The molecule has 1 aliphatic rings. The normalized spacial score (nSPS) is 15.1. The molecule has 0 bridgehead atoms. The second kappa shape index (κ2) is 10.2. The number of rotatable bonds is 6. The Kier molecular flexibility index (Phi) is 7.53. The molecule has 1 amide bonds. The van der Waals surface area contributed by atoms with Crippen LogP contribution in [0.4, 0.5) is 10.5 Å². The van der Waals surface area contributed by atoms with Crippen LogP contribution in [0.2, 0.25) is 0 Å². The van der Waals surface area contributed by atoms with Crippen LogP contribution in [-0.2, 0) is 9.53 Å². The molecular formula is C25H30BNO8. The molecule has 3 rings (SSSR count). The lowest BCUT2D eigenvalue weighted by Crippen LogP contribution is -2.27. The van der Waals surface area contributed by atoms with Crippen molar-refractivity contribution < 1.29 is 38.0 Å².